The van der Waals surface area contributed by atoms with E-state index in [0.717, 1.165) is 0 Å². The molecule has 1 saturated heterocycles. The number of hydrogen-bond donors (Lipinski definition) is 2. The number of hydrogen-bond acceptors (Lipinski definition) is 8. The Morgan fingerprint density at radius 3 is 2.35 bits per heavy atom. The number of carbonyl (C=O) groups excluding carboxylic acids is 3. The van der Waals surface area contributed by atoms with Crippen molar-refractivity contribution in [2.75, 3.05) is 24.9 Å². The molecule has 9 nitrogen and oxygen atoms in total. The Bertz CT molecular complexity index is 1040. The lowest BCUT2D eigenvalue weighted by atomic mass is 10.1. The highest BCUT2D eigenvalue weighted by Crippen LogP contribution is 2.29. The Morgan fingerprint density at radius 1 is 1.00 bits per heavy atom. The van der Waals surface area contributed by atoms with Crippen LogP contribution in [0.2, 0.25) is 0 Å². The zero-order valence-electron chi connectivity index (χ0n) is 17.5. The Morgan fingerprint density at radius 2 is 1.71 bits per heavy atom. The summed E-state index contributed by atoms with van der Waals surface area (Å²) in [7, 11) is 3.02. The van der Waals surface area contributed by atoms with Gasteiger partial charge >= 0.3 is 11.9 Å². The minimum absolute atomic E-state index is 0.282. The Hall–Kier alpha value is -4.01. The molecule has 0 aromatic heterocycles. The average Bonchev–Trinajstić information content (AvgIpc) is 2.72. The van der Waals surface area contributed by atoms with Crippen LogP contribution in [0.15, 0.2) is 54.2 Å². The first kappa shape index (κ1) is 21.7. The molecule has 2 N–H and O–H groups in total. The summed E-state index contributed by atoms with van der Waals surface area (Å²) in [6, 6.07) is 11.5. The minimum Gasteiger partial charge on any atom is -0.497 e. The molecule has 0 saturated carbocycles. The Balaban J connectivity index is 1.76. The van der Waals surface area contributed by atoms with Crippen LogP contribution in [-0.2, 0) is 19.1 Å². The summed E-state index contributed by atoms with van der Waals surface area (Å²) >= 11 is 0. The van der Waals surface area contributed by atoms with E-state index in [1.807, 2.05) is 0 Å². The van der Waals surface area contributed by atoms with Crippen LogP contribution >= 0.6 is 0 Å². The number of rotatable bonds is 6. The van der Waals surface area contributed by atoms with Crippen LogP contribution < -0.4 is 20.1 Å². The van der Waals surface area contributed by atoms with E-state index in [4.69, 9.17) is 18.9 Å². The third-order valence-corrected chi connectivity index (χ3v) is 4.28. The number of cyclic esters (lactones) is 2. The van der Waals surface area contributed by atoms with Crippen LogP contribution in [-0.4, -0.2) is 37.9 Å². The second-order valence-electron chi connectivity index (χ2n) is 6.98. The molecule has 162 valence electrons. The van der Waals surface area contributed by atoms with E-state index >= 15 is 0 Å². The first-order chi connectivity index (χ1) is 14.7. The molecule has 3 rings (SSSR count). The summed E-state index contributed by atoms with van der Waals surface area (Å²) in [6.07, 6.45) is 1.18. The molecule has 2 aromatic rings. The monoisotopic (exact) mass is 426 g/mol. The largest absolute Gasteiger partial charge is 0.497 e. The topological polar surface area (TPSA) is 112 Å². The number of anilines is 2. The van der Waals surface area contributed by atoms with Crippen molar-refractivity contribution in [3.8, 4) is 11.5 Å². The van der Waals surface area contributed by atoms with Gasteiger partial charge in [0.15, 0.2) is 5.57 Å². The van der Waals surface area contributed by atoms with E-state index in [0.29, 0.717) is 28.4 Å². The predicted octanol–water partition coefficient (Wildman–Crippen LogP) is 3.09. The molecule has 1 amide bonds. The molecular formula is C22H22N2O7. The molecular weight excluding hydrogens is 404 g/mol. The second-order valence-corrected chi connectivity index (χ2v) is 6.98. The van der Waals surface area contributed by atoms with Gasteiger partial charge in [0, 0.05) is 37.4 Å². The molecule has 1 aliphatic heterocycles. The molecule has 2 aromatic carbocycles. The SMILES string of the molecule is COc1ccc(OC)c(NC(=O)c2cccc(NC=C3C(=O)OC(C)(C)OC3=O)c2)c1. The first-order valence-electron chi connectivity index (χ1n) is 9.29. The summed E-state index contributed by atoms with van der Waals surface area (Å²) in [6.45, 7) is 2.93. The second kappa shape index (κ2) is 8.78. The van der Waals surface area contributed by atoms with Gasteiger partial charge in [0.2, 0.25) is 0 Å². The molecule has 1 aliphatic rings. The number of methoxy groups -OCH3 is 2. The van der Waals surface area contributed by atoms with Crippen LogP contribution in [0, 0.1) is 0 Å². The summed E-state index contributed by atoms with van der Waals surface area (Å²) in [4.78, 5) is 36.7. The van der Waals surface area contributed by atoms with Gasteiger partial charge in [0.1, 0.15) is 11.5 Å². The Kier molecular flexibility index (Phi) is 6.15. The van der Waals surface area contributed by atoms with Gasteiger partial charge in [0.05, 0.1) is 19.9 Å². The predicted molar refractivity (Wildman–Crippen MR) is 112 cm³/mol. The van der Waals surface area contributed by atoms with Gasteiger partial charge in [0.25, 0.3) is 11.7 Å². The van der Waals surface area contributed by atoms with Crippen molar-refractivity contribution in [3.63, 3.8) is 0 Å². The highest BCUT2D eigenvalue weighted by Gasteiger charge is 2.38. The average molecular weight is 426 g/mol. The summed E-state index contributed by atoms with van der Waals surface area (Å²) < 4.78 is 20.5. The van der Waals surface area contributed by atoms with Gasteiger partial charge in [-0.3, -0.25) is 4.79 Å². The molecule has 0 atom stereocenters. The molecule has 0 bridgehead atoms. The zero-order valence-corrected chi connectivity index (χ0v) is 17.5. The van der Waals surface area contributed by atoms with Gasteiger partial charge in [-0.1, -0.05) is 6.07 Å². The maximum atomic E-state index is 12.7. The lowest BCUT2D eigenvalue weighted by Gasteiger charge is -2.29. The van der Waals surface area contributed by atoms with E-state index in [1.165, 1.54) is 34.3 Å². The molecule has 1 heterocycles. The van der Waals surface area contributed by atoms with E-state index in [1.54, 1.807) is 42.5 Å². The fourth-order valence-corrected chi connectivity index (χ4v) is 2.79. The molecule has 1 fully saturated rings. The molecule has 0 unspecified atom stereocenters. The Labute approximate surface area is 178 Å². The molecule has 0 aliphatic carbocycles. The highest BCUT2D eigenvalue weighted by atomic mass is 16.7. The lowest BCUT2D eigenvalue weighted by Crippen LogP contribution is -2.42. The van der Waals surface area contributed by atoms with Crippen molar-refractivity contribution in [1.82, 2.24) is 0 Å². The van der Waals surface area contributed by atoms with Gasteiger partial charge in [-0.25, -0.2) is 9.59 Å². The molecule has 0 radical (unpaired) electrons. The smallest absolute Gasteiger partial charge is 0.350 e. The molecule has 31 heavy (non-hydrogen) atoms. The number of ether oxygens (including phenoxy) is 4. The summed E-state index contributed by atoms with van der Waals surface area (Å²) in [5.41, 5.74) is 0.976. The van der Waals surface area contributed by atoms with Crippen LogP contribution in [0.4, 0.5) is 11.4 Å². The zero-order chi connectivity index (χ0) is 22.6. The standard InChI is InChI=1S/C22H22N2O7/c1-22(2)30-20(26)16(21(27)31-22)12-23-14-7-5-6-13(10-14)19(25)24-17-11-15(28-3)8-9-18(17)29-4/h5-12,23H,1-4H3,(H,24,25). The summed E-state index contributed by atoms with van der Waals surface area (Å²) in [5.74, 6) is -2.26. The van der Waals surface area contributed by atoms with E-state index < -0.39 is 17.7 Å². The third kappa shape index (κ3) is 5.13. The van der Waals surface area contributed by atoms with Crippen LogP contribution in [0.3, 0.4) is 0 Å². The van der Waals surface area contributed by atoms with Crippen molar-refractivity contribution in [2.24, 2.45) is 0 Å². The van der Waals surface area contributed by atoms with Crippen molar-refractivity contribution in [2.45, 2.75) is 19.6 Å². The number of esters is 2. The highest BCUT2D eigenvalue weighted by molar-refractivity contribution is 6.15. The fraction of sp³-hybridized carbons (Fsp3) is 0.227. The molecule has 9 heteroatoms. The van der Waals surface area contributed by atoms with Crippen molar-refractivity contribution in [1.29, 1.82) is 0 Å². The van der Waals surface area contributed by atoms with Gasteiger partial charge < -0.3 is 29.6 Å². The lowest BCUT2D eigenvalue weighted by molar-refractivity contribution is -0.222. The number of carbonyl (C=O) groups is 3. The van der Waals surface area contributed by atoms with E-state index in [-0.39, 0.29) is 11.5 Å². The van der Waals surface area contributed by atoms with Crippen molar-refractivity contribution < 1.29 is 33.3 Å². The van der Waals surface area contributed by atoms with Gasteiger partial charge in [-0.15, -0.1) is 0 Å². The molecule has 0 spiro atoms. The van der Waals surface area contributed by atoms with Crippen molar-refractivity contribution in [3.05, 3.63) is 59.8 Å². The van der Waals surface area contributed by atoms with Gasteiger partial charge in [-0.05, 0) is 30.3 Å². The maximum absolute atomic E-state index is 12.7. The normalized spacial score (nSPS) is 14.8. The maximum Gasteiger partial charge on any atom is 0.350 e. The minimum atomic E-state index is -1.31. The van der Waals surface area contributed by atoms with Crippen molar-refractivity contribution >= 4 is 29.2 Å². The number of benzene rings is 2. The van der Waals surface area contributed by atoms with Crippen LogP contribution in [0.25, 0.3) is 0 Å². The van der Waals surface area contributed by atoms with E-state index in [2.05, 4.69) is 10.6 Å². The quantitative estimate of drug-likeness (QED) is 0.412. The fourth-order valence-electron chi connectivity index (χ4n) is 2.79. The number of nitrogens with one attached hydrogen (secondary N) is 2. The van der Waals surface area contributed by atoms with Crippen LogP contribution in [0.1, 0.15) is 24.2 Å². The number of amides is 1. The third-order valence-electron chi connectivity index (χ3n) is 4.28. The summed E-state index contributed by atoms with van der Waals surface area (Å²) in [5, 5.41) is 5.59. The van der Waals surface area contributed by atoms with E-state index in [9.17, 15) is 14.4 Å². The first-order valence-corrected chi connectivity index (χ1v) is 9.29. The van der Waals surface area contributed by atoms with Crippen LogP contribution in [0.5, 0.6) is 11.5 Å². The van der Waals surface area contributed by atoms with Gasteiger partial charge in [-0.2, -0.15) is 0 Å².